The second-order valence-electron chi connectivity index (χ2n) is 11.0. The predicted octanol–water partition coefficient (Wildman–Crippen LogP) is 9.23. The van der Waals surface area contributed by atoms with E-state index in [9.17, 15) is 0 Å². The van der Waals surface area contributed by atoms with E-state index in [4.69, 9.17) is 16.5 Å². The molecule has 0 bridgehead atoms. The minimum Gasteiger partial charge on any atom is -0.298 e. The van der Waals surface area contributed by atoms with E-state index in [1.165, 1.54) is 27.8 Å². The first-order chi connectivity index (χ1) is 19.5. The number of benzene rings is 4. The molecule has 0 radical (unpaired) electrons. The van der Waals surface area contributed by atoms with Crippen LogP contribution in [0.1, 0.15) is 25.0 Å². The van der Waals surface area contributed by atoms with Crippen LogP contribution in [0.2, 0.25) is 0 Å². The first-order valence-electron chi connectivity index (χ1n) is 13.5. The number of aromatic nitrogens is 3. The first-order valence-corrected chi connectivity index (χ1v) is 13.5. The van der Waals surface area contributed by atoms with Gasteiger partial charge in [0.1, 0.15) is 11.2 Å². The third kappa shape index (κ3) is 3.12. The Morgan fingerprint density at radius 2 is 1.45 bits per heavy atom. The maximum Gasteiger partial charge on any atom is 0.187 e. The van der Waals surface area contributed by atoms with Crippen LogP contribution in [-0.2, 0) is 5.41 Å². The highest BCUT2D eigenvalue weighted by Crippen LogP contribution is 2.50. The molecule has 1 aliphatic rings. The van der Waals surface area contributed by atoms with Crippen molar-refractivity contribution in [3.05, 3.63) is 132 Å². The topological polar surface area (TPSA) is 34.5 Å². The van der Waals surface area contributed by atoms with Gasteiger partial charge in [-0.1, -0.05) is 86.6 Å². The molecule has 0 fully saturated rings. The molecule has 0 N–H and O–H groups in total. The molecular weight excluding hydrogens is 488 g/mol. The summed E-state index contributed by atoms with van der Waals surface area (Å²) in [5.74, 6) is 0. The van der Waals surface area contributed by atoms with Crippen molar-refractivity contribution >= 4 is 33.3 Å². The molecule has 1 aliphatic carbocycles. The second kappa shape index (κ2) is 8.11. The smallest absolute Gasteiger partial charge is 0.187 e. The van der Waals surface area contributed by atoms with Crippen molar-refractivity contribution in [1.82, 2.24) is 14.4 Å². The number of fused-ring (bicyclic) bond motifs is 8. The maximum absolute atomic E-state index is 7.48. The summed E-state index contributed by atoms with van der Waals surface area (Å²) in [6.45, 7) is 12.0. The summed E-state index contributed by atoms with van der Waals surface area (Å²) in [5.41, 5.74) is 13.6. The molecule has 0 saturated heterocycles. The van der Waals surface area contributed by atoms with Gasteiger partial charge in [-0.2, -0.15) is 0 Å². The summed E-state index contributed by atoms with van der Waals surface area (Å²) in [5, 5.41) is 1.06. The summed E-state index contributed by atoms with van der Waals surface area (Å²) in [6.07, 6.45) is 2.06. The molecule has 0 saturated carbocycles. The molecule has 0 aliphatic heterocycles. The molecule has 0 unspecified atom stereocenters. The van der Waals surface area contributed by atoms with E-state index in [2.05, 4.69) is 96.0 Å². The van der Waals surface area contributed by atoms with Gasteiger partial charge >= 0.3 is 0 Å². The highest BCUT2D eigenvalue weighted by Gasteiger charge is 2.35. The van der Waals surface area contributed by atoms with E-state index in [0.717, 1.165) is 44.4 Å². The molecule has 8 rings (SSSR count). The van der Waals surface area contributed by atoms with Gasteiger partial charge in [0.05, 0.1) is 23.3 Å². The van der Waals surface area contributed by atoms with E-state index in [1.807, 2.05) is 36.4 Å². The Kier molecular flexibility index (Phi) is 4.60. The van der Waals surface area contributed by atoms with Gasteiger partial charge in [0, 0.05) is 22.6 Å². The van der Waals surface area contributed by atoms with Crippen molar-refractivity contribution in [2.75, 3.05) is 0 Å². The first kappa shape index (κ1) is 22.7. The highest BCUT2D eigenvalue weighted by molar-refractivity contribution is 6.09. The van der Waals surface area contributed by atoms with Crippen molar-refractivity contribution < 1.29 is 0 Å². The zero-order chi connectivity index (χ0) is 27.0. The van der Waals surface area contributed by atoms with Crippen molar-refractivity contribution in [2.45, 2.75) is 19.3 Å². The fraction of sp³-hybridized carbons (Fsp3) is 0.0833. The Balaban J connectivity index is 1.31. The Morgan fingerprint density at radius 3 is 2.33 bits per heavy atom. The molecule has 0 atom stereocenters. The molecule has 188 valence electrons. The van der Waals surface area contributed by atoms with Gasteiger partial charge in [-0.05, 0) is 63.7 Å². The van der Waals surface area contributed by atoms with E-state index in [0.29, 0.717) is 5.69 Å². The number of hydrogen-bond acceptors (Lipinski definition) is 2. The van der Waals surface area contributed by atoms with Crippen molar-refractivity contribution in [2.24, 2.45) is 0 Å². The summed E-state index contributed by atoms with van der Waals surface area (Å²) < 4.78 is 2.14. The lowest BCUT2D eigenvalue weighted by Gasteiger charge is -2.22. The van der Waals surface area contributed by atoms with Crippen LogP contribution in [0.15, 0.2) is 109 Å². The largest absolute Gasteiger partial charge is 0.298 e. The van der Waals surface area contributed by atoms with E-state index >= 15 is 0 Å². The van der Waals surface area contributed by atoms with Crippen LogP contribution in [0.25, 0.3) is 65.9 Å². The minimum absolute atomic E-state index is 0.179. The van der Waals surface area contributed by atoms with Crippen LogP contribution in [0, 0.1) is 6.57 Å². The molecule has 4 heteroatoms. The molecular formula is C36H24N4. The normalized spacial score (nSPS) is 13.4. The van der Waals surface area contributed by atoms with Crippen molar-refractivity contribution in [1.29, 1.82) is 0 Å². The van der Waals surface area contributed by atoms with Gasteiger partial charge in [-0.3, -0.25) is 4.40 Å². The van der Waals surface area contributed by atoms with Gasteiger partial charge in [0.25, 0.3) is 0 Å². The SMILES string of the molecule is [C-]#[N+]c1ccc2c(c1)C(C)(C)c1cc(-c3cccc(-c4nc5ccccc5c5nc6ccccn6c45)c3)ccc1-2. The fourth-order valence-electron chi connectivity index (χ4n) is 6.38. The van der Waals surface area contributed by atoms with Crippen LogP contribution in [0.5, 0.6) is 0 Å². The van der Waals surface area contributed by atoms with Gasteiger partial charge in [0.2, 0.25) is 0 Å². The van der Waals surface area contributed by atoms with Crippen LogP contribution in [0.3, 0.4) is 0 Å². The summed E-state index contributed by atoms with van der Waals surface area (Å²) >= 11 is 0. The Labute approximate surface area is 232 Å². The average molecular weight is 513 g/mol. The highest BCUT2D eigenvalue weighted by atomic mass is 15.0. The predicted molar refractivity (Wildman–Crippen MR) is 163 cm³/mol. The van der Waals surface area contributed by atoms with Crippen LogP contribution in [-0.4, -0.2) is 14.4 Å². The Morgan fingerprint density at radius 1 is 0.700 bits per heavy atom. The third-order valence-electron chi connectivity index (χ3n) is 8.40. The van der Waals surface area contributed by atoms with Crippen molar-refractivity contribution in [3.8, 4) is 33.5 Å². The van der Waals surface area contributed by atoms with Crippen LogP contribution >= 0.6 is 0 Å². The lowest BCUT2D eigenvalue weighted by atomic mass is 9.81. The molecule has 4 nitrogen and oxygen atoms in total. The van der Waals surface area contributed by atoms with Crippen molar-refractivity contribution in [3.63, 3.8) is 0 Å². The molecule has 3 heterocycles. The fourth-order valence-corrected chi connectivity index (χ4v) is 6.38. The van der Waals surface area contributed by atoms with Crippen LogP contribution in [0.4, 0.5) is 5.69 Å². The summed E-state index contributed by atoms with van der Waals surface area (Å²) in [7, 11) is 0. The second-order valence-corrected chi connectivity index (χ2v) is 11.0. The van der Waals surface area contributed by atoms with E-state index < -0.39 is 0 Å². The number of para-hydroxylation sites is 1. The zero-order valence-corrected chi connectivity index (χ0v) is 22.2. The summed E-state index contributed by atoms with van der Waals surface area (Å²) in [6, 6.07) is 35.9. The number of imidazole rings is 1. The molecule has 0 spiro atoms. The minimum atomic E-state index is -0.179. The Hall–Kier alpha value is -5.27. The molecule has 3 aromatic heterocycles. The van der Waals surface area contributed by atoms with Gasteiger partial charge < -0.3 is 0 Å². The monoisotopic (exact) mass is 512 g/mol. The quantitative estimate of drug-likeness (QED) is 0.216. The number of pyridine rings is 2. The Bertz CT molecular complexity index is 2210. The summed E-state index contributed by atoms with van der Waals surface area (Å²) in [4.78, 5) is 13.8. The molecule has 0 amide bonds. The number of hydrogen-bond donors (Lipinski definition) is 0. The average Bonchev–Trinajstić information content (AvgIpc) is 3.50. The third-order valence-corrected chi connectivity index (χ3v) is 8.40. The number of rotatable bonds is 2. The lowest BCUT2D eigenvalue weighted by molar-refractivity contribution is 0.661. The van der Waals surface area contributed by atoms with Crippen LogP contribution < -0.4 is 0 Å². The lowest BCUT2D eigenvalue weighted by Crippen LogP contribution is -2.14. The molecule has 4 aromatic carbocycles. The van der Waals surface area contributed by atoms with Gasteiger partial charge in [-0.15, -0.1) is 0 Å². The number of nitrogens with zero attached hydrogens (tertiary/aromatic N) is 4. The standard InChI is InChI=1S/C36H24N4/c1-36(2)29-20-23(14-16-26(29)27-17-15-25(37-3)21-30(27)36)22-9-8-10-24(19-22)33-35-34(28-11-4-5-12-31(28)38-33)39-32-13-6-7-18-40(32)35/h4-21H,1-2H3. The molecule has 40 heavy (non-hydrogen) atoms. The molecule has 7 aromatic rings. The van der Waals surface area contributed by atoms with E-state index in [1.54, 1.807) is 0 Å². The zero-order valence-electron chi connectivity index (χ0n) is 22.2. The van der Waals surface area contributed by atoms with E-state index in [-0.39, 0.29) is 5.41 Å². The van der Waals surface area contributed by atoms with Gasteiger partial charge in [-0.25, -0.2) is 14.8 Å². The maximum atomic E-state index is 7.48. The van der Waals surface area contributed by atoms with Gasteiger partial charge in [0.15, 0.2) is 5.69 Å².